The van der Waals surface area contributed by atoms with Crippen LogP contribution in [0.15, 0.2) is 11.2 Å². The maximum atomic E-state index is 5.76. The molecule has 0 amide bonds. The third-order valence-corrected chi connectivity index (χ3v) is 4.09. The summed E-state index contributed by atoms with van der Waals surface area (Å²) < 4.78 is 6.12. The van der Waals surface area contributed by atoms with E-state index in [1.165, 1.54) is 11.5 Å². The van der Waals surface area contributed by atoms with E-state index in [4.69, 9.17) is 5.73 Å². The van der Waals surface area contributed by atoms with Crippen molar-refractivity contribution in [3.05, 3.63) is 12.2 Å². The number of hydrogen-bond donors (Lipinski definition) is 2. The number of nitrogens with two attached hydrogens (primary N) is 1. The molecule has 0 aromatic carbocycles. The molecule has 0 fully saturated rings. The highest BCUT2D eigenvalue weighted by atomic mass is 32.2. The average molecular weight is 270 g/mol. The van der Waals surface area contributed by atoms with Crippen molar-refractivity contribution in [1.29, 1.82) is 0 Å². The lowest BCUT2D eigenvalue weighted by Crippen LogP contribution is -2.07. The predicted octanol–water partition coefficient (Wildman–Crippen LogP) is 1.67. The van der Waals surface area contributed by atoms with Crippen LogP contribution in [-0.2, 0) is 13.1 Å². The summed E-state index contributed by atoms with van der Waals surface area (Å²) in [7, 11) is 0. The summed E-state index contributed by atoms with van der Waals surface area (Å²) in [6, 6.07) is 0. The zero-order valence-electron chi connectivity index (χ0n) is 9.67. The number of thioether (sulfide) groups is 1. The van der Waals surface area contributed by atoms with Crippen molar-refractivity contribution in [1.82, 2.24) is 19.1 Å². The first-order valence-corrected chi connectivity index (χ1v) is 7.15. The number of nitrogen functional groups attached to an aromatic ring is 1. The van der Waals surface area contributed by atoms with E-state index in [1.54, 1.807) is 18.1 Å². The lowest BCUT2D eigenvalue weighted by atomic mass is 10.5. The molecule has 0 spiro atoms. The molecule has 17 heavy (non-hydrogen) atoms. The number of nitrogens with one attached hydrogen (secondary N) is 1. The second-order valence-corrected chi connectivity index (χ2v) is 4.91. The van der Waals surface area contributed by atoms with Gasteiger partial charge in [0.25, 0.3) is 0 Å². The van der Waals surface area contributed by atoms with E-state index in [2.05, 4.69) is 26.8 Å². The Hall–Kier alpha value is -1.28. The fourth-order valence-electron chi connectivity index (χ4n) is 1.44. The Bertz CT molecular complexity index is 491. The van der Waals surface area contributed by atoms with Gasteiger partial charge in [0.2, 0.25) is 0 Å². The van der Waals surface area contributed by atoms with Crippen LogP contribution in [0.2, 0.25) is 0 Å². The normalized spacial score (nSPS) is 10.7. The molecular formula is C9H14N6S2. The van der Waals surface area contributed by atoms with Gasteiger partial charge in [0.15, 0.2) is 11.6 Å². The molecule has 0 saturated carbocycles. The van der Waals surface area contributed by atoms with Crippen LogP contribution < -0.4 is 11.1 Å². The standard InChI is InChI=1S/C9H14N6S2/c1-3-15-5-12-13-6(15)4-11-9-7(16-2)8(10)14-17-9/h5,11H,3-4H2,1-2H3,(H2,10,14). The quantitative estimate of drug-likeness (QED) is 0.804. The van der Waals surface area contributed by atoms with Gasteiger partial charge in [-0.25, -0.2) is 0 Å². The summed E-state index contributed by atoms with van der Waals surface area (Å²) in [4.78, 5) is 0.998. The zero-order valence-corrected chi connectivity index (χ0v) is 11.3. The van der Waals surface area contributed by atoms with Crippen LogP contribution in [0.1, 0.15) is 12.7 Å². The van der Waals surface area contributed by atoms with Crippen molar-refractivity contribution in [3.8, 4) is 0 Å². The Balaban J connectivity index is 2.07. The summed E-state index contributed by atoms with van der Waals surface area (Å²) >= 11 is 2.97. The number of hydrogen-bond acceptors (Lipinski definition) is 7. The highest BCUT2D eigenvalue weighted by Crippen LogP contribution is 2.34. The molecular weight excluding hydrogens is 256 g/mol. The number of aryl methyl sites for hydroxylation is 1. The Labute approximate surface area is 108 Å². The minimum absolute atomic E-state index is 0.585. The minimum atomic E-state index is 0.585. The highest BCUT2D eigenvalue weighted by molar-refractivity contribution is 7.99. The van der Waals surface area contributed by atoms with Crippen LogP contribution in [0, 0.1) is 0 Å². The summed E-state index contributed by atoms with van der Waals surface area (Å²) in [5, 5.41) is 12.2. The molecule has 0 unspecified atom stereocenters. The van der Waals surface area contributed by atoms with Gasteiger partial charge in [0, 0.05) is 6.54 Å². The van der Waals surface area contributed by atoms with Gasteiger partial charge in [-0.1, -0.05) is 0 Å². The van der Waals surface area contributed by atoms with Crippen molar-refractivity contribution in [2.24, 2.45) is 0 Å². The van der Waals surface area contributed by atoms with Gasteiger partial charge in [-0.3, -0.25) is 0 Å². The maximum Gasteiger partial charge on any atom is 0.153 e. The topological polar surface area (TPSA) is 81.7 Å². The fraction of sp³-hybridized carbons (Fsp3) is 0.444. The van der Waals surface area contributed by atoms with Crippen molar-refractivity contribution in [3.63, 3.8) is 0 Å². The fourth-order valence-corrected chi connectivity index (χ4v) is 2.98. The predicted molar refractivity (Wildman–Crippen MR) is 71.3 cm³/mol. The van der Waals surface area contributed by atoms with E-state index in [9.17, 15) is 0 Å². The molecule has 0 aliphatic carbocycles. The molecule has 0 atom stereocenters. The first kappa shape index (κ1) is 12.2. The monoisotopic (exact) mass is 270 g/mol. The number of anilines is 2. The summed E-state index contributed by atoms with van der Waals surface area (Å²) in [5.41, 5.74) is 5.76. The van der Waals surface area contributed by atoms with Crippen LogP contribution in [-0.4, -0.2) is 25.4 Å². The van der Waals surface area contributed by atoms with Gasteiger partial charge in [-0.05, 0) is 24.7 Å². The van der Waals surface area contributed by atoms with Crippen molar-refractivity contribution < 1.29 is 0 Å². The Kier molecular flexibility index (Phi) is 3.85. The summed E-state index contributed by atoms with van der Waals surface area (Å²) in [6.07, 6.45) is 3.72. The van der Waals surface area contributed by atoms with Crippen molar-refractivity contribution in [2.45, 2.75) is 24.9 Å². The molecule has 2 rings (SSSR count). The van der Waals surface area contributed by atoms with E-state index in [0.29, 0.717) is 12.4 Å². The van der Waals surface area contributed by atoms with Gasteiger partial charge in [0.1, 0.15) is 11.3 Å². The average Bonchev–Trinajstić information content (AvgIpc) is 2.92. The lowest BCUT2D eigenvalue weighted by Gasteiger charge is -2.05. The van der Waals surface area contributed by atoms with Crippen LogP contribution in [0.25, 0.3) is 0 Å². The van der Waals surface area contributed by atoms with Crippen LogP contribution in [0.5, 0.6) is 0 Å². The first-order valence-electron chi connectivity index (χ1n) is 5.16. The molecule has 2 aromatic heterocycles. The number of aromatic nitrogens is 4. The zero-order chi connectivity index (χ0) is 12.3. The van der Waals surface area contributed by atoms with Crippen molar-refractivity contribution in [2.75, 3.05) is 17.3 Å². The second-order valence-electron chi connectivity index (χ2n) is 3.32. The molecule has 92 valence electrons. The van der Waals surface area contributed by atoms with Crippen LogP contribution >= 0.6 is 23.3 Å². The molecule has 6 nitrogen and oxygen atoms in total. The SMILES string of the molecule is CCn1cnnc1CNc1snc(N)c1SC. The van der Waals surface area contributed by atoms with E-state index in [1.807, 2.05) is 10.8 Å². The van der Waals surface area contributed by atoms with Gasteiger partial charge in [-0.15, -0.1) is 22.0 Å². The van der Waals surface area contributed by atoms with Crippen molar-refractivity contribution >= 4 is 34.1 Å². The molecule has 3 N–H and O–H groups in total. The molecule has 0 aliphatic heterocycles. The molecule has 0 radical (unpaired) electrons. The highest BCUT2D eigenvalue weighted by Gasteiger charge is 2.11. The Morgan fingerprint density at radius 1 is 1.59 bits per heavy atom. The lowest BCUT2D eigenvalue weighted by molar-refractivity contribution is 0.708. The Morgan fingerprint density at radius 2 is 2.41 bits per heavy atom. The van der Waals surface area contributed by atoms with Crippen LogP contribution in [0.3, 0.4) is 0 Å². The third-order valence-electron chi connectivity index (χ3n) is 2.32. The van der Waals surface area contributed by atoms with E-state index in [0.717, 1.165) is 22.3 Å². The third kappa shape index (κ3) is 2.52. The van der Waals surface area contributed by atoms with E-state index < -0.39 is 0 Å². The van der Waals surface area contributed by atoms with E-state index >= 15 is 0 Å². The maximum absolute atomic E-state index is 5.76. The van der Waals surface area contributed by atoms with Gasteiger partial charge in [0.05, 0.1) is 11.4 Å². The first-order chi connectivity index (χ1) is 8.26. The smallest absolute Gasteiger partial charge is 0.153 e. The molecule has 2 heterocycles. The van der Waals surface area contributed by atoms with Crippen LogP contribution in [0.4, 0.5) is 10.8 Å². The van der Waals surface area contributed by atoms with Gasteiger partial charge >= 0.3 is 0 Å². The molecule has 0 aliphatic rings. The largest absolute Gasteiger partial charge is 0.382 e. The number of nitrogens with zero attached hydrogens (tertiary/aromatic N) is 4. The molecule has 8 heteroatoms. The molecule has 2 aromatic rings. The van der Waals surface area contributed by atoms with Gasteiger partial charge < -0.3 is 15.6 Å². The molecule has 0 saturated heterocycles. The Morgan fingerprint density at radius 3 is 3.12 bits per heavy atom. The second kappa shape index (κ2) is 5.37. The minimum Gasteiger partial charge on any atom is -0.382 e. The number of rotatable bonds is 5. The molecule has 0 bridgehead atoms. The summed E-state index contributed by atoms with van der Waals surface area (Å²) in [6.45, 7) is 3.55. The summed E-state index contributed by atoms with van der Waals surface area (Å²) in [5.74, 6) is 1.49. The van der Waals surface area contributed by atoms with Gasteiger partial charge in [-0.2, -0.15) is 4.37 Å². The van der Waals surface area contributed by atoms with E-state index in [-0.39, 0.29) is 0 Å².